The lowest BCUT2D eigenvalue weighted by molar-refractivity contribution is -0.947. The molecule has 244 valence electrons. The topological polar surface area (TPSA) is 52.6 Å². The van der Waals surface area contributed by atoms with Gasteiger partial charge in [0.1, 0.15) is 17.6 Å². The zero-order chi connectivity index (χ0) is 30.7. The Morgan fingerprint density at radius 1 is 0.711 bits per heavy atom. The van der Waals surface area contributed by atoms with E-state index in [1.807, 2.05) is 36.4 Å². The van der Waals surface area contributed by atoms with Gasteiger partial charge in [0.05, 0.1) is 57.3 Å². The van der Waals surface area contributed by atoms with Gasteiger partial charge >= 0.3 is 11.9 Å². The smallest absolute Gasteiger partial charge is 0.321 e. The highest BCUT2D eigenvalue weighted by molar-refractivity contribution is 5.91. The van der Waals surface area contributed by atoms with Crippen LogP contribution in [-0.2, 0) is 24.5 Å². The first-order valence-corrected chi connectivity index (χ1v) is 17.5. The van der Waals surface area contributed by atoms with Gasteiger partial charge in [-0.15, -0.1) is 0 Å². The van der Waals surface area contributed by atoms with Crippen LogP contribution in [-0.4, -0.2) is 84.5 Å². The third kappa shape index (κ3) is 5.14. The summed E-state index contributed by atoms with van der Waals surface area (Å²) in [5.41, 5.74) is 1.86. The maximum Gasteiger partial charge on any atom is 0.321 e. The largest absolute Gasteiger partial charge is 1.00 e. The Balaban J connectivity index is 0.00000357. The molecule has 5 aliphatic rings. The summed E-state index contributed by atoms with van der Waals surface area (Å²) in [7, 11) is 4.78. The van der Waals surface area contributed by atoms with E-state index in [0.29, 0.717) is 37.0 Å². The maximum absolute atomic E-state index is 14.6. The molecule has 7 rings (SSSR count). The highest BCUT2D eigenvalue weighted by atomic mass is 35.5. The molecule has 0 N–H and O–H groups in total. The number of fused-ring (bicyclic) bond motifs is 5. The monoisotopic (exact) mass is 635 g/mol. The van der Waals surface area contributed by atoms with Crippen molar-refractivity contribution in [3.8, 4) is 0 Å². The fraction of sp³-hybridized carbons (Fsp3) is 0.632. The number of carbonyl (C=O) groups excluding carboxylic acids is 2. The Kier molecular flexibility index (Phi) is 8.90. The number of carbonyl (C=O) groups is 2. The van der Waals surface area contributed by atoms with Gasteiger partial charge in [-0.25, -0.2) is 0 Å². The summed E-state index contributed by atoms with van der Waals surface area (Å²) in [5.74, 6) is -0.638. The van der Waals surface area contributed by atoms with E-state index in [1.165, 1.54) is 25.7 Å². The van der Waals surface area contributed by atoms with Crippen molar-refractivity contribution in [2.75, 3.05) is 27.2 Å². The zero-order valence-corrected chi connectivity index (χ0v) is 28.4. The summed E-state index contributed by atoms with van der Waals surface area (Å²) in [6, 6.07) is 20.5. The van der Waals surface area contributed by atoms with Crippen LogP contribution in [0.5, 0.6) is 0 Å². The molecule has 4 bridgehead atoms. The average Bonchev–Trinajstić information content (AvgIpc) is 3.29. The zero-order valence-electron chi connectivity index (χ0n) is 27.6. The van der Waals surface area contributed by atoms with Gasteiger partial charge in [0.25, 0.3) is 0 Å². The van der Waals surface area contributed by atoms with E-state index in [-0.39, 0.29) is 42.5 Å². The van der Waals surface area contributed by atoms with Gasteiger partial charge < -0.3 is 30.8 Å². The van der Waals surface area contributed by atoms with E-state index >= 15 is 0 Å². The molecule has 6 unspecified atom stereocenters. The maximum atomic E-state index is 14.6. The fourth-order valence-electron chi connectivity index (χ4n) is 10.5. The van der Waals surface area contributed by atoms with Crippen molar-refractivity contribution in [1.82, 2.24) is 0 Å². The standard InChI is InChI=1S/C38H52N2O4.ClH/c1-5-39(3)27-16-17-28(39)23-31(22-27)43-36(41)34-20-21-38(26-12-8-7-9-13-26,35-15-11-10-14-33(34)35)37(42)44-32-24-29-18-19-30(25-32)40(29,4)6-2;/h7-15,27-32,34H,5-6,16-25H2,1-4H3;1H/q+2;/p-1. The number of piperidine rings is 2. The first kappa shape index (κ1) is 32.5. The van der Waals surface area contributed by atoms with E-state index in [2.05, 4.69) is 46.1 Å². The molecule has 0 aromatic heterocycles. The second-order valence-corrected chi connectivity index (χ2v) is 15.1. The molecule has 4 heterocycles. The van der Waals surface area contributed by atoms with Gasteiger partial charge in [-0.05, 0) is 43.4 Å². The molecule has 0 radical (unpaired) electrons. The molecule has 0 amide bonds. The number of ether oxygens (including phenoxy) is 2. The third-order valence-electron chi connectivity index (χ3n) is 13.6. The second kappa shape index (κ2) is 12.3. The molecule has 0 spiro atoms. The summed E-state index contributed by atoms with van der Waals surface area (Å²) in [5, 5.41) is 0. The van der Waals surface area contributed by atoms with Crippen LogP contribution >= 0.6 is 0 Å². The molecular weight excluding hydrogens is 584 g/mol. The number of rotatable bonds is 7. The lowest BCUT2D eigenvalue weighted by Gasteiger charge is -2.47. The number of esters is 2. The van der Waals surface area contributed by atoms with Gasteiger partial charge in [-0.3, -0.25) is 9.59 Å². The van der Waals surface area contributed by atoms with Crippen LogP contribution in [0.1, 0.15) is 101 Å². The first-order chi connectivity index (χ1) is 21.2. The van der Waals surface area contributed by atoms with Crippen LogP contribution in [0.2, 0.25) is 0 Å². The number of hydrogen-bond acceptors (Lipinski definition) is 4. The summed E-state index contributed by atoms with van der Waals surface area (Å²) in [6.07, 6.45) is 9.75. The predicted octanol–water partition coefficient (Wildman–Crippen LogP) is 3.26. The Bertz CT molecular complexity index is 1370. The van der Waals surface area contributed by atoms with Crippen molar-refractivity contribution in [3.63, 3.8) is 0 Å². The molecule has 4 fully saturated rings. The Hall–Kier alpha value is -2.41. The van der Waals surface area contributed by atoms with E-state index in [9.17, 15) is 9.59 Å². The number of quaternary nitrogens is 2. The van der Waals surface area contributed by atoms with Crippen molar-refractivity contribution >= 4 is 11.9 Å². The normalized spacial score (nSPS) is 39.8. The van der Waals surface area contributed by atoms with Crippen molar-refractivity contribution < 1.29 is 40.4 Å². The lowest BCUT2D eigenvalue weighted by Crippen LogP contribution is -3.00. The van der Waals surface area contributed by atoms with Gasteiger partial charge in [0.15, 0.2) is 0 Å². The van der Waals surface area contributed by atoms with Crippen LogP contribution in [0.25, 0.3) is 0 Å². The van der Waals surface area contributed by atoms with E-state index in [1.54, 1.807) is 0 Å². The van der Waals surface area contributed by atoms with Gasteiger partial charge in [-0.1, -0.05) is 54.6 Å². The highest BCUT2D eigenvalue weighted by Crippen LogP contribution is 2.50. The number of nitrogens with zero attached hydrogens (tertiary/aromatic N) is 2. The highest BCUT2D eigenvalue weighted by Gasteiger charge is 2.55. The summed E-state index contributed by atoms with van der Waals surface area (Å²) >= 11 is 0. The van der Waals surface area contributed by atoms with Gasteiger partial charge in [-0.2, -0.15) is 0 Å². The van der Waals surface area contributed by atoms with E-state index in [4.69, 9.17) is 9.47 Å². The Morgan fingerprint density at radius 3 is 1.73 bits per heavy atom. The number of benzene rings is 2. The summed E-state index contributed by atoms with van der Waals surface area (Å²) in [6.45, 7) is 6.86. The molecule has 45 heavy (non-hydrogen) atoms. The predicted molar refractivity (Wildman–Crippen MR) is 171 cm³/mol. The SMILES string of the molecule is CC[N+]1(C)C2CCC1CC(OC(=O)C1CCC(C(=O)OC3CC4CCC(C3)[N+]4(C)CC)(c3ccccc3)c3ccccc31)C2.[Cl-]. The average molecular weight is 636 g/mol. The molecule has 2 aromatic rings. The van der Waals surface area contributed by atoms with Crippen LogP contribution < -0.4 is 12.4 Å². The van der Waals surface area contributed by atoms with Crippen LogP contribution in [0.15, 0.2) is 54.6 Å². The quantitative estimate of drug-likeness (QED) is 0.346. The third-order valence-corrected chi connectivity index (χ3v) is 13.6. The second-order valence-electron chi connectivity index (χ2n) is 15.1. The van der Waals surface area contributed by atoms with Crippen LogP contribution in [0, 0.1) is 0 Å². The molecule has 1 aliphatic carbocycles. The van der Waals surface area contributed by atoms with Gasteiger partial charge in [0, 0.05) is 51.4 Å². The minimum absolute atomic E-state index is 0. The molecule has 4 saturated heterocycles. The van der Waals surface area contributed by atoms with Crippen LogP contribution in [0.3, 0.4) is 0 Å². The van der Waals surface area contributed by atoms with Crippen molar-refractivity contribution in [3.05, 3.63) is 71.3 Å². The molecule has 7 heteroatoms. The van der Waals surface area contributed by atoms with Crippen molar-refractivity contribution in [2.24, 2.45) is 0 Å². The van der Waals surface area contributed by atoms with E-state index < -0.39 is 5.41 Å². The number of halogens is 1. The Morgan fingerprint density at radius 2 is 1.20 bits per heavy atom. The number of hydrogen-bond donors (Lipinski definition) is 0. The van der Waals surface area contributed by atoms with Gasteiger partial charge in [0.2, 0.25) is 0 Å². The Labute approximate surface area is 276 Å². The molecular formula is C38H52ClN2O4+. The van der Waals surface area contributed by atoms with E-state index in [0.717, 1.165) is 64.4 Å². The minimum atomic E-state index is -0.932. The molecule has 2 aromatic carbocycles. The molecule has 6 nitrogen and oxygen atoms in total. The lowest BCUT2D eigenvalue weighted by atomic mass is 9.63. The first-order valence-electron chi connectivity index (χ1n) is 17.5. The van der Waals surface area contributed by atoms with Crippen molar-refractivity contribution in [1.29, 1.82) is 0 Å². The summed E-state index contributed by atoms with van der Waals surface area (Å²) < 4.78 is 15.2. The minimum Gasteiger partial charge on any atom is -1.00 e. The molecule has 4 aliphatic heterocycles. The molecule has 6 atom stereocenters. The summed E-state index contributed by atoms with van der Waals surface area (Å²) in [4.78, 5) is 28.6. The van der Waals surface area contributed by atoms with Crippen LogP contribution in [0.4, 0.5) is 0 Å². The molecule has 0 saturated carbocycles. The fourth-order valence-corrected chi connectivity index (χ4v) is 10.5. The van der Waals surface area contributed by atoms with Crippen molar-refractivity contribution in [2.45, 2.75) is 126 Å².